The Bertz CT molecular complexity index is 2780. The van der Waals surface area contributed by atoms with Crippen LogP contribution in [0.2, 0.25) is 0 Å². The smallest absolute Gasteiger partial charge is 0.0543 e. The van der Waals surface area contributed by atoms with Gasteiger partial charge in [0.15, 0.2) is 0 Å². The molecule has 0 atom stereocenters. The quantitative estimate of drug-likeness (QED) is 0.174. The molecule has 0 heterocycles. The third-order valence-electron chi connectivity index (χ3n) is 11.0. The molecule has 9 aromatic carbocycles. The van der Waals surface area contributed by atoms with Crippen molar-refractivity contribution in [3.05, 3.63) is 187 Å². The number of hydrogen-bond acceptors (Lipinski definition) is 1. The molecular formula is C49H35N. The van der Waals surface area contributed by atoms with Crippen LogP contribution in [0.1, 0.15) is 25.0 Å². The SMILES string of the molecule is CC1(C)c2ccccc2-c2c(N(c3ccc(-c4cccc5ccccc45)cc3)c3ccc4ccc5c6ccccc6ccc5c4c3)cccc21. The van der Waals surface area contributed by atoms with Crippen LogP contribution in [0.3, 0.4) is 0 Å². The summed E-state index contributed by atoms with van der Waals surface area (Å²) in [6, 6.07) is 65.0. The van der Waals surface area contributed by atoms with Gasteiger partial charge in [0.2, 0.25) is 0 Å². The highest BCUT2D eigenvalue weighted by atomic mass is 15.1. The number of fused-ring (bicyclic) bond motifs is 9. The van der Waals surface area contributed by atoms with Crippen molar-refractivity contribution in [3.8, 4) is 22.3 Å². The Morgan fingerprint density at radius 1 is 0.380 bits per heavy atom. The van der Waals surface area contributed by atoms with Crippen LogP contribution >= 0.6 is 0 Å². The van der Waals surface area contributed by atoms with E-state index in [1.165, 1.54) is 82.2 Å². The van der Waals surface area contributed by atoms with Crippen molar-refractivity contribution in [2.24, 2.45) is 0 Å². The molecule has 0 saturated carbocycles. The van der Waals surface area contributed by atoms with Crippen LogP contribution in [-0.4, -0.2) is 0 Å². The summed E-state index contributed by atoms with van der Waals surface area (Å²) in [5, 5.41) is 10.2. The predicted molar refractivity (Wildman–Crippen MR) is 214 cm³/mol. The van der Waals surface area contributed by atoms with Crippen molar-refractivity contribution >= 4 is 60.2 Å². The number of nitrogens with zero attached hydrogens (tertiary/aromatic N) is 1. The standard InChI is InChI=1S/C49H35N/c1-49(2)45-18-8-7-16-43(45)48-46(49)19-10-20-47(48)50(36-26-21-34(22-27-36)39-17-9-13-32-11-3-5-14-38(32)39)37-28-23-35-25-29-41-40-15-6-4-12-33(40)24-30-42(41)44(35)31-37/h3-31H,1-2H3. The Balaban J connectivity index is 1.21. The van der Waals surface area contributed by atoms with Crippen LogP contribution in [0.5, 0.6) is 0 Å². The van der Waals surface area contributed by atoms with Crippen molar-refractivity contribution in [2.45, 2.75) is 19.3 Å². The van der Waals surface area contributed by atoms with Gasteiger partial charge in [-0.2, -0.15) is 0 Å². The topological polar surface area (TPSA) is 3.24 Å². The molecule has 0 spiro atoms. The summed E-state index contributed by atoms with van der Waals surface area (Å²) < 4.78 is 0. The fourth-order valence-corrected chi connectivity index (χ4v) is 8.56. The fourth-order valence-electron chi connectivity index (χ4n) is 8.56. The Hall–Kier alpha value is -6.18. The van der Waals surface area contributed by atoms with Gasteiger partial charge in [0.25, 0.3) is 0 Å². The number of rotatable bonds is 4. The number of hydrogen-bond donors (Lipinski definition) is 0. The number of anilines is 3. The van der Waals surface area contributed by atoms with Gasteiger partial charge in [-0.3, -0.25) is 0 Å². The Morgan fingerprint density at radius 2 is 0.940 bits per heavy atom. The minimum absolute atomic E-state index is 0.0908. The molecule has 9 aromatic rings. The maximum absolute atomic E-state index is 2.48. The van der Waals surface area contributed by atoms with Crippen LogP contribution in [0.15, 0.2) is 176 Å². The molecule has 0 amide bonds. The summed E-state index contributed by atoms with van der Waals surface area (Å²) in [6.07, 6.45) is 0. The monoisotopic (exact) mass is 637 g/mol. The Morgan fingerprint density at radius 3 is 1.76 bits per heavy atom. The fraction of sp³-hybridized carbons (Fsp3) is 0.0612. The highest BCUT2D eigenvalue weighted by Crippen LogP contribution is 2.54. The molecule has 0 radical (unpaired) electrons. The van der Waals surface area contributed by atoms with E-state index in [1.807, 2.05) is 0 Å². The second kappa shape index (κ2) is 10.9. The molecule has 50 heavy (non-hydrogen) atoms. The van der Waals surface area contributed by atoms with Gasteiger partial charge in [-0.05, 0) is 101 Å². The normalized spacial score (nSPS) is 13.2. The molecule has 0 saturated heterocycles. The summed E-state index contributed by atoms with van der Waals surface area (Å²) in [4.78, 5) is 2.48. The van der Waals surface area contributed by atoms with Gasteiger partial charge in [0, 0.05) is 22.4 Å². The largest absolute Gasteiger partial charge is 0.310 e. The highest BCUT2D eigenvalue weighted by molar-refractivity contribution is 6.18. The van der Waals surface area contributed by atoms with Crippen molar-refractivity contribution in [1.29, 1.82) is 0 Å². The lowest BCUT2D eigenvalue weighted by Gasteiger charge is -2.29. The predicted octanol–water partition coefficient (Wildman–Crippen LogP) is 13.7. The highest BCUT2D eigenvalue weighted by Gasteiger charge is 2.37. The first-order valence-electron chi connectivity index (χ1n) is 17.5. The molecule has 10 rings (SSSR count). The van der Waals surface area contributed by atoms with Crippen LogP contribution in [0.25, 0.3) is 65.3 Å². The second-order valence-electron chi connectivity index (χ2n) is 14.1. The molecule has 0 unspecified atom stereocenters. The molecule has 0 N–H and O–H groups in total. The van der Waals surface area contributed by atoms with Crippen LogP contribution in [-0.2, 0) is 5.41 Å². The van der Waals surface area contributed by atoms with Crippen LogP contribution in [0, 0.1) is 0 Å². The van der Waals surface area contributed by atoms with Gasteiger partial charge >= 0.3 is 0 Å². The molecule has 1 heteroatoms. The van der Waals surface area contributed by atoms with E-state index in [0.717, 1.165) is 11.4 Å². The zero-order valence-electron chi connectivity index (χ0n) is 28.2. The Labute approximate surface area is 292 Å². The van der Waals surface area contributed by atoms with E-state index in [2.05, 4.69) is 195 Å². The van der Waals surface area contributed by atoms with E-state index in [9.17, 15) is 0 Å². The summed E-state index contributed by atoms with van der Waals surface area (Å²) in [5.74, 6) is 0. The van der Waals surface area contributed by atoms with Gasteiger partial charge in [-0.15, -0.1) is 0 Å². The van der Waals surface area contributed by atoms with E-state index in [1.54, 1.807) is 0 Å². The van der Waals surface area contributed by atoms with Crippen LogP contribution < -0.4 is 4.90 Å². The molecule has 0 bridgehead atoms. The molecule has 1 nitrogen and oxygen atoms in total. The molecule has 236 valence electrons. The summed E-state index contributed by atoms with van der Waals surface area (Å²) in [7, 11) is 0. The van der Waals surface area contributed by atoms with E-state index < -0.39 is 0 Å². The first-order chi connectivity index (χ1) is 24.6. The van der Waals surface area contributed by atoms with Crippen molar-refractivity contribution in [1.82, 2.24) is 0 Å². The first-order valence-corrected chi connectivity index (χ1v) is 17.5. The maximum atomic E-state index is 2.48. The first kappa shape index (κ1) is 28.8. The molecule has 0 aromatic heterocycles. The van der Waals surface area contributed by atoms with E-state index >= 15 is 0 Å². The van der Waals surface area contributed by atoms with Gasteiger partial charge in [-0.25, -0.2) is 0 Å². The summed E-state index contributed by atoms with van der Waals surface area (Å²) >= 11 is 0. The number of benzene rings is 9. The van der Waals surface area contributed by atoms with Crippen molar-refractivity contribution < 1.29 is 0 Å². The molecular weight excluding hydrogens is 603 g/mol. The van der Waals surface area contributed by atoms with Gasteiger partial charge in [0.05, 0.1) is 5.69 Å². The lowest BCUT2D eigenvalue weighted by molar-refractivity contribution is 0.660. The van der Waals surface area contributed by atoms with Gasteiger partial charge in [-0.1, -0.05) is 159 Å². The molecule has 0 fully saturated rings. The molecule has 0 aliphatic heterocycles. The zero-order chi connectivity index (χ0) is 33.4. The lowest BCUT2D eigenvalue weighted by atomic mass is 9.82. The van der Waals surface area contributed by atoms with E-state index in [4.69, 9.17) is 0 Å². The molecule has 1 aliphatic rings. The van der Waals surface area contributed by atoms with Crippen molar-refractivity contribution in [3.63, 3.8) is 0 Å². The lowest BCUT2D eigenvalue weighted by Crippen LogP contribution is -2.16. The minimum Gasteiger partial charge on any atom is -0.310 e. The maximum Gasteiger partial charge on any atom is 0.0543 e. The molecule has 1 aliphatic carbocycles. The minimum atomic E-state index is -0.0908. The second-order valence-corrected chi connectivity index (χ2v) is 14.1. The summed E-state index contributed by atoms with van der Waals surface area (Å²) in [6.45, 7) is 4.72. The summed E-state index contributed by atoms with van der Waals surface area (Å²) in [5.41, 5.74) is 11.2. The Kier molecular flexibility index (Phi) is 6.29. The van der Waals surface area contributed by atoms with Crippen molar-refractivity contribution in [2.75, 3.05) is 4.90 Å². The third-order valence-corrected chi connectivity index (χ3v) is 11.0. The van der Waals surface area contributed by atoms with Gasteiger partial charge in [0.1, 0.15) is 0 Å². The third kappa shape index (κ3) is 4.27. The van der Waals surface area contributed by atoms with Crippen LogP contribution in [0.4, 0.5) is 17.1 Å². The zero-order valence-corrected chi connectivity index (χ0v) is 28.2. The van der Waals surface area contributed by atoms with E-state index in [0.29, 0.717) is 0 Å². The average Bonchev–Trinajstić information content (AvgIpc) is 3.41. The average molecular weight is 638 g/mol. The van der Waals surface area contributed by atoms with E-state index in [-0.39, 0.29) is 5.41 Å². The van der Waals surface area contributed by atoms with Gasteiger partial charge < -0.3 is 4.90 Å².